The predicted octanol–water partition coefficient (Wildman–Crippen LogP) is 3.43. The van der Waals surface area contributed by atoms with Crippen LogP contribution in [0.1, 0.15) is 15.9 Å². The van der Waals surface area contributed by atoms with E-state index in [-0.39, 0.29) is 22.3 Å². The van der Waals surface area contributed by atoms with Crippen molar-refractivity contribution in [2.24, 2.45) is 0 Å². The van der Waals surface area contributed by atoms with E-state index in [9.17, 15) is 19.3 Å². The van der Waals surface area contributed by atoms with Crippen LogP contribution in [0.3, 0.4) is 0 Å². The molecule has 0 aliphatic carbocycles. The van der Waals surface area contributed by atoms with E-state index < -0.39 is 16.6 Å². The molecule has 0 bridgehead atoms. The van der Waals surface area contributed by atoms with Crippen LogP contribution in [0.5, 0.6) is 0 Å². The monoisotopic (exact) mass is 352 g/mol. The number of nitrogens with one attached hydrogen (secondary N) is 1. The minimum absolute atomic E-state index is 0.0536. The Bertz CT molecular complexity index is 706. The summed E-state index contributed by atoms with van der Waals surface area (Å²) >= 11 is 3.00. The molecule has 0 saturated heterocycles. The maximum atomic E-state index is 13.8. The topological polar surface area (TPSA) is 72.2 Å². The van der Waals surface area contributed by atoms with E-state index in [0.29, 0.717) is 5.56 Å². The van der Waals surface area contributed by atoms with Gasteiger partial charge in [0.05, 0.1) is 15.0 Å². The molecule has 5 nitrogen and oxygen atoms in total. The van der Waals surface area contributed by atoms with E-state index >= 15 is 0 Å². The molecule has 0 radical (unpaired) electrons. The molecule has 2 aromatic rings. The molecule has 0 fully saturated rings. The minimum Gasteiger partial charge on any atom is -0.348 e. The van der Waals surface area contributed by atoms with E-state index in [0.717, 1.165) is 0 Å². The van der Waals surface area contributed by atoms with Gasteiger partial charge in [0.1, 0.15) is 5.82 Å². The number of para-hydroxylation sites is 1. The zero-order valence-corrected chi connectivity index (χ0v) is 12.3. The molecule has 0 aliphatic heterocycles. The summed E-state index contributed by atoms with van der Waals surface area (Å²) in [5, 5.41) is 13.3. The minimum atomic E-state index is -0.669. The maximum Gasteiger partial charge on any atom is 0.274 e. The first-order valence-electron chi connectivity index (χ1n) is 5.95. The standard InChI is InChI=1S/C14H10BrFN2O3/c15-11-6-3-5-10(13(11)16)14(19)17-8-9-4-1-2-7-12(9)18(20)21/h1-7H,8H2,(H,17,19). The third kappa shape index (κ3) is 3.43. The van der Waals surface area contributed by atoms with Gasteiger partial charge in [-0.05, 0) is 28.1 Å². The molecule has 2 rings (SSSR count). The predicted molar refractivity (Wildman–Crippen MR) is 78.4 cm³/mol. The summed E-state index contributed by atoms with van der Waals surface area (Å²) < 4.78 is 14.0. The Hall–Kier alpha value is -2.28. The highest BCUT2D eigenvalue weighted by molar-refractivity contribution is 9.10. The molecule has 0 saturated carbocycles. The molecule has 0 aliphatic rings. The van der Waals surface area contributed by atoms with Crippen molar-refractivity contribution in [3.8, 4) is 0 Å². The fraction of sp³-hybridized carbons (Fsp3) is 0.0714. The van der Waals surface area contributed by atoms with Crippen LogP contribution in [0.4, 0.5) is 10.1 Å². The first-order valence-corrected chi connectivity index (χ1v) is 6.74. The van der Waals surface area contributed by atoms with Crippen LogP contribution >= 0.6 is 15.9 Å². The van der Waals surface area contributed by atoms with Crippen LogP contribution in [0, 0.1) is 15.9 Å². The SMILES string of the molecule is O=C(NCc1ccccc1[N+](=O)[O-])c1cccc(Br)c1F. The highest BCUT2D eigenvalue weighted by Gasteiger charge is 2.16. The van der Waals surface area contributed by atoms with Crippen molar-refractivity contribution in [2.45, 2.75) is 6.54 Å². The summed E-state index contributed by atoms with van der Waals surface area (Å²) in [5.74, 6) is -1.30. The summed E-state index contributed by atoms with van der Waals surface area (Å²) in [5.41, 5.74) is 0.140. The lowest BCUT2D eigenvalue weighted by Crippen LogP contribution is -2.24. The van der Waals surface area contributed by atoms with E-state index in [4.69, 9.17) is 0 Å². The quantitative estimate of drug-likeness (QED) is 0.676. The molecule has 0 spiro atoms. The first kappa shape index (κ1) is 15.1. The number of amides is 1. The summed E-state index contributed by atoms with van der Waals surface area (Å²) in [4.78, 5) is 22.3. The second-order valence-electron chi connectivity index (χ2n) is 4.17. The first-order chi connectivity index (χ1) is 10.0. The van der Waals surface area contributed by atoms with Crippen LogP contribution in [-0.4, -0.2) is 10.8 Å². The van der Waals surface area contributed by atoms with Crippen molar-refractivity contribution in [2.75, 3.05) is 0 Å². The highest BCUT2D eigenvalue weighted by atomic mass is 79.9. The molecular weight excluding hydrogens is 343 g/mol. The Morgan fingerprint density at radius 3 is 2.67 bits per heavy atom. The molecular formula is C14H10BrFN2O3. The smallest absolute Gasteiger partial charge is 0.274 e. The zero-order chi connectivity index (χ0) is 15.4. The molecule has 7 heteroatoms. The largest absolute Gasteiger partial charge is 0.348 e. The summed E-state index contributed by atoms with van der Waals surface area (Å²) in [6.45, 7) is -0.0536. The van der Waals surface area contributed by atoms with E-state index in [1.165, 1.54) is 36.4 Å². The van der Waals surface area contributed by atoms with Gasteiger partial charge < -0.3 is 5.32 Å². The van der Waals surface area contributed by atoms with Crippen molar-refractivity contribution in [3.63, 3.8) is 0 Å². The van der Waals surface area contributed by atoms with Gasteiger partial charge in [-0.25, -0.2) is 4.39 Å². The van der Waals surface area contributed by atoms with Gasteiger partial charge in [-0.3, -0.25) is 14.9 Å². The molecule has 21 heavy (non-hydrogen) atoms. The zero-order valence-electron chi connectivity index (χ0n) is 10.7. The van der Waals surface area contributed by atoms with Crippen molar-refractivity contribution in [3.05, 3.63) is 74.0 Å². The van der Waals surface area contributed by atoms with Crippen molar-refractivity contribution >= 4 is 27.5 Å². The molecule has 0 heterocycles. The van der Waals surface area contributed by atoms with E-state index in [2.05, 4.69) is 21.2 Å². The molecule has 0 atom stereocenters. The third-order valence-electron chi connectivity index (χ3n) is 2.82. The Balaban J connectivity index is 2.15. The van der Waals surface area contributed by atoms with Crippen molar-refractivity contribution in [1.82, 2.24) is 5.32 Å². The second kappa shape index (κ2) is 6.45. The molecule has 1 amide bonds. The molecule has 108 valence electrons. The Morgan fingerprint density at radius 1 is 1.24 bits per heavy atom. The average Bonchev–Trinajstić information content (AvgIpc) is 2.47. The van der Waals surface area contributed by atoms with Gasteiger partial charge in [-0.2, -0.15) is 0 Å². The van der Waals surface area contributed by atoms with Gasteiger partial charge >= 0.3 is 0 Å². The van der Waals surface area contributed by atoms with Crippen molar-refractivity contribution < 1.29 is 14.1 Å². The lowest BCUT2D eigenvalue weighted by atomic mass is 10.1. The number of nitro groups is 1. The van der Waals surface area contributed by atoms with Crippen LogP contribution < -0.4 is 5.32 Å². The number of hydrogen-bond donors (Lipinski definition) is 1. The van der Waals surface area contributed by atoms with Crippen LogP contribution in [0.25, 0.3) is 0 Å². The number of nitro benzene ring substituents is 1. The third-order valence-corrected chi connectivity index (χ3v) is 3.44. The number of benzene rings is 2. The van der Waals surface area contributed by atoms with Gasteiger partial charge in [0.25, 0.3) is 11.6 Å². The van der Waals surface area contributed by atoms with Crippen LogP contribution in [0.15, 0.2) is 46.9 Å². The number of nitrogens with zero attached hydrogens (tertiary/aromatic N) is 1. The van der Waals surface area contributed by atoms with Gasteiger partial charge in [0, 0.05) is 18.2 Å². The molecule has 0 unspecified atom stereocenters. The van der Waals surface area contributed by atoms with Crippen LogP contribution in [0.2, 0.25) is 0 Å². The van der Waals surface area contributed by atoms with Crippen molar-refractivity contribution in [1.29, 1.82) is 0 Å². The Labute approximate surface area is 128 Å². The highest BCUT2D eigenvalue weighted by Crippen LogP contribution is 2.20. The van der Waals surface area contributed by atoms with Gasteiger partial charge in [0.2, 0.25) is 0 Å². The lowest BCUT2D eigenvalue weighted by Gasteiger charge is -2.07. The Morgan fingerprint density at radius 2 is 1.95 bits per heavy atom. The fourth-order valence-corrected chi connectivity index (χ4v) is 2.15. The van der Waals surface area contributed by atoms with E-state index in [1.54, 1.807) is 6.07 Å². The molecule has 2 aromatic carbocycles. The lowest BCUT2D eigenvalue weighted by molar-refractivity contribution is -0.385. The fourth-order valence-electron chi connectivity index (χ4n) is 1.79. The number of carbonyl (C=O) groups is 1. The number of hydrogen-bond acceptors (Lipinski definition) is 3. The summed E-state index contributed by atoms with van der Waals surface area (Å²) in [7, 11) is 0. The number of halogens is 2. The second-order valence-corrected chi connectivity index (χ2v) is 5.02. The van der Waals surface area contributed by atoms with Gasteiger partial charge in [-0.15, -0.1) is 0 Å². The average molecular weight is 353 g/mol. The summed E-state index contributed by atoms with van der Waals surface area (Å²) in [6.07, 6.45) is 0. The maximum absolute atomic E-state index is 13.8. The van der Waals surface area contributed by atoms with Crippen LogP contribution in [-0.2, 0) is 6.54 Å². The Kier molecular flexibility index (Phi) is 4.64. The molecule has 0 aromatic heterocycles. The molecule has 1 N–H and O–H groups in total. The number of rotatable bonds is 4. The van der Waals surface area contributed by atoms with Gasteiger partial charge in [-0.1, -0.05) is 24.3 Å². The van der Waals surface area contributed by atoms with E-state index in [1.807, 2.05) is 0 Å². The van der Waals surface area contributed by atoms with Gasteiger partial charge in [0.15, 0.2) is 0 Å². The normalized spacial score (nSPS) is 10.2. The number of carbonyl (C=O) groups excluding carboxylic acids is 1. The summed E-state index contributed by atoms with van der Waals surface area (Å²) in [6, 6.07) is 10.4.